The number of anilines is 1. The third kappa shape index (κ3) is 1.77. The summed E-state index contributed by atoms with van der Waals surface area (Å²) in [6, 6.07) is 0. The maximum Gasteiger partial charge on any atom is 0.435 e. The van der Waals surface area contributed by atoms with E-state index < -0.39 is 39.8 Å². The molecule has 17 heavy (non-hydrogen) atoms. The molecule has 1 unspecified atom stereocenters. The monoisotopic (exact) mass is 287 g/mol. The van der Waals surface area contributed by atoms with Crippen molar-refractivity contribution in [1.29, 1.82) is 0 Å². The molecule has 5 nitrogen and oxygen atoms in total. The van der Waals surface area contributed by atoms with Gasteiger partial charge in [0.2, 0.25) is 5.95 Å². The molecule has 2 heterocycles. The fourth-order valence-electron chi connectivity index (χ4n) is 1.29. The summed E-state index contributed by atoms with van der Waals surface area (Å²) >= 11 is 10.8. The Kier molecular flexibility index (Phi) is 2.58. The van der Waals surface area contributed by atoms with Crippen LogP contribution in [0.2, 0.25) is 5.02 Å². The first-order chi connectivity index (χ1) is 7.73. The van der Waals surface area contributed by atoms with Crippen molar-refractivity contribution in [2.45, 2.75) is 11.7 Å². The molecule has 0 aliphatic carbocycles. The van der Waals surface area contributed by atoms with Gasteiger partial charge in [-0.1, -0.05) is 23.2 Å². The fraction of sp³-hybridized carbons (Fsp3) is 0.286. The quantitative estimate of drug-likeness (QED) is 0.737. The second kappa shape index (κ2) is 3.61. The molecular weight excluding hydrogens is 286 g/mol. The van der Waals surface area contributed by atoms with Crippen LogP contribution >= 0.6 is 23.2 Å². The molecule has 0 saturated heterocycles. The number of amides is 1. The van der Waals surface area contributed by atoms with E-state index in [-0.39, 0.29) is 0 Å². The zero-order chi connectivity index (χ0) is 13.0. The molecule has 0 saturated carbocycles. The lowest BCUT2D eigenvalue weighted by molar-refractivity contribution is -0.141. The number of fused-ring (bicyclic) bond motifs is 1. The van der Waals surface area contributed by atoms with Crippen LogP contribution in [-0.4, -0.2) is 15.5 Å². The highest BCUT2D eigenvalue weighted by atomic mass is 35.5. The molecule has 0 radical (unpaired) electrons. The Labute approximate surface area is 101 Å². The molecule has 1 aromatic heterocycles. The number of nitrogens with zero attached hydrogens (tertiary/aromatic N) is 2. The van der Waals surface area contributed by atoms with E-state index in [1.54, 1.807) is 0 Å². The van der Waals surface area contributed by atoms with Crippen LogP contribution in [0.1, 0.15) is 11.2 Å². The summed E-state index contributed by atoms with van der Waals surface area (Å²) < 4.78 is 37.9. The van der Waals surface area contributed by atoms with Gasteiger partial charge < -0.3 is 0 Å². The average Bonchev–Trinajstić information content (AvgIpc) is 2.47. The summed E-state index contributed by atoms with van der Waals surface area (Å²) in [6.07, 6.45) is -4.89. The maximum absolute atomic E-state index is 12.5. The van der Waals surface area contributed by atoms with E-state index in [9.17, 15) is 22.8 Å². The lowest BCUT2D eigenvalue weighted by Gasteiger charge is -2.10. The number of hydrogen-bond acceptors (Lipinski definition) is 3. The van der Waals surface area contributed by atoms with Crippen molar-refractivity contribution in [3.63, 3.8) is 0 Å². The average molecular weight is 288 g/mol. The van der Waals surface area contributed by atoms with Crippen LogP contribution in [0.25, 0.3) is 0 Å². The topological polar surface area (TPSA) is 64.0 Å². The molecule has 10 heteroatoms. The second-order valence-corrected chi connectivity index (χ2v) is 3.89. The molecule has 1 N–H and O–H groups in total. The maximum atomic E-state index is 12.5. The highest BCUT2D eigenvalue weighted by Gasteiger charge is 2.41. The normalized spacial score (nSPS) is 19.1. The number of aromatic nitrogens is 2. The lowest BCUT2D eigenvalue weighted by Crippen LogP contribution is -2.26. The molecule has 0 fully saturated rings. The van der Waals surface area contributed by atoms with E-state index in [2.05, 4.69) is 4.98 Å². The first-order valence-corrected chi connectivity index (χ1v) is 4.89. The van der Waals surface area contributed by atoms with Gasteiger partial charge in [0.25, 0.3) is 11.5 Å². The minimum atomic E-state index is -4.89. The van der Waals surface area contributed by atoms with Crippen molar-refractivity contribution >= 4 is 35.1 Å². The second-order valence-electron chi connectivity index (χ2n) is 3.10. The number of nitrogens with one attached hydrogen (secondary N) is 1. The van der Waals surface area contributed by atoms with Gasteiger partial charge in [-0.25, -0.2) is 4.98 Å². The van der Waals surface area contributed by atoms with Gasteiger partial charge in [-0.2, -0.15) is 13.2 Å². The molecule has 1 aliphatic rings. The van der Waals surface area contributed by atoms with Gasteiger partial charge in [-0.15, -0.1) is 0 Å². The largest absolute Gasteiger partial charge is 0.435 e. The van der Waals surface area contributed by atoms with Gasteiger partial charge in [0.05, 0.1) is 0 Å². The number of hydrogen-bond donors (Lipinski definition) is 1. The summed E-state index contributed by atoms with van der Waals surface area (Å²) in [5.41, 5.74) is -4.23. The molecule has 92 valence electrons. The van der Waals surface area contributed by atoms with Crippen LogP contribution < -0.4 is 10.9 Å². The third-order valence-corrected chi connectivity index (χ3v) is 2.74. The van der Waals surface area contributed by atoms with Crippen molar-refractivity contribution in [2.75, 3.05) is 5.32 Å². The Morgan fingerprint density at radius 1 is 1.35 bits per heavy atom. The van der Waals surface area contributed by atoms with E-state index in [4.69, 9.17) is 23.2 Å². The van der Waals surface area contributed by atoms with E-state index in [1.165, 1.54) is 0 Å². The van der Waals surface area contributed by atoms with Gasteiger partial charge in [-0.05, 0) is 0 Å². The Balaban J connectivity index is 2.74. The molecule has 1 atom stereocenters. The molecule has 1 aliphatic heterocycles. The fourth-order valence-corrected chi connectivity index (χ4v) is 1.76. The van der Waals surface area contributed by atoms with Crippen LogP contribution in [-0.2, 0) is 11.0 Å². The molecule has 0 aromatic carbocycles. The van der Waals surface area contributed by atoms with Crippen LogP contribution in [0.5, 0.6) is 0 Å². The van der Waals surface area contributed by atoms with Crippen molar-refractivity contribution in [1.82, 2.24) is 9.55 Å². The SMILES string of the molecule is O=C1Nc2nc(C(F)(F)F)c(Cl)c(=O)n2C1Cl. The zero-order valence-corrected chi connectivity index (χ0v) is 9.19. The van der Waals surface area contributed by atoms with E-state index in [0.29, 0.717) is 4.57 Å². The first-order valence-electron chi connectivity index (χ1n) is 4.07. The smallest absolute Gasteiger partial charge is 0.293 e. The standard InChI is InChI=1S/C7H2Cl2F3N3O2/c8-1-2(7(10,11)12)13-6-14-4(16)3(9)15(6)5(1)17/h3H,(H,13,14,16). The Morgan fingerprint density at radius 3 is 2.47 bits per heavy atom. The summed E-state index contributed by atoms with van der Waals surface area (Å²) in [7, 11) is 0. The molecule has 1 aromatic rings. The minimum absolute atomic E-state index is 0.557. The first kappa shape index (κ1) is 12.2. The van der Waals surface area contributed by atoms with Crippen LogP contribution in [0, 0.1) is 0 Å². The van der Waals surface area contributed by atoms with Crippen LogP contribution in [0.3, 0.4) is 0 Å². The zero-order valence-electron chi connectivity index (χ0n) is 7.68. The van der Waals surface area contributed by atoms with Crippen molar-refractivity contribution in [3.8, 4) is 0 Å². The van der Waals surface area contributed by atoms with E-state index in [0.717, 1.165) is 0 Å². The van der Waals surface area contributed by atoms with E-state index in [1.807, 2.05) is 5.32 Å². The summed E-state index contributed by atoms with van der Waals surface area (Å²) in [5.74, 6) is -1.41. The van der Waals surface area contributed by atoms with Gasteiger partial charge in [0.1, 0.15) is 5.02 Å². The molecule has 0 bridgehead atoms. The number of rotatable bonds is 0. The Bertz CT molecular complexity index is 569. The Morgan fingerprint density at radius 2 is 1.94 bits per heavy atom. The molecule has 2 rings (SSSR count). The number of halogens is 5. The summed E-state index contributed by atoms with van der Waals surface area (Å²) in [5, 5.41) is 0.828. The Hall–Kier alpha value is -1.28. The lowest BCUT2D eigenvalue weighted by atomic mass is 10.4. The van der Waals surface area contributed by atoms with Crippen LogP contribution in [0.4, 0.5) is 19.1 Å². The third-order valence-electron chi connectivity index (χ3n) is 2.01. The van der Waals surface area contributed by atoms with E-state index >= 15 is 0 Å². The minimum Gasteiger partial charge on any atom is -0.293 e. The van der Waals surface area contributed by atoms with Gasteiger partial charge in [0.15, 0.2) is 11.2 Å². The number of alkyl halides is 4. The van der Waals surface area contributed by atoms with Crippen molar-refractivity contribution in [2.24, 2.45) is 0 Å². The molecule has 0 spiro atoms. The molecule has 1 amide bonds. The predicted octanol–water partition coefficient (Wildman–Crippen LogP) is 1.60. The number of carbonyl (C=O) groups excluding carboxylic acids is 1. The highest BCUT2D eigenvalue weighted by Crippen LogP contribution is 2.34. The predicted molar refractivity (Wildman–Crippen MR) is 52.0 cm³/mol. The van der Waals surface area contributed by atoms with Gasteiger partial charge in [0, 0.05) is 0 Å². The van der Waals surface area contributed by atoms with Crippen LogP contribution in [0.15, 0.2) is 4.79 Å². The molecular formula is C7H2Cl2F3N3O2. The summed E-state index contributed by atoms with van der Waals surface area (Å²) in [4.78, 5) is 25.7. The van der Waals surface area contributed by atoms with Crippen molar-refractivity contribution in [3.05, 3.63) is 21.1 Å². The van der Waals surface area contributed by atoms with Gasteiger partial charge in [-0.3, -0.25) is 19.5 Å². The van der Waals surface area contributed by atoms with Crippen molar-refractivity contribution < 1.29 is 18.0 Å². The number of carbonyl (C=O) groups is 1. The summed E-state index contributed by atoms with van der Waals surface area (Å²) in [6.45, 7) is 0. The van der Waals surface area contributed by atoms with Gasteiger partial charge >= 0.3 is 6.18 Å². The highest BCUT2D eigenvalue weighted by molar-refractivity contribution is 6.33.